The summed E-state index contributed by atoms with van der Waals surface area (Å²) < 4.78 is 10.3. The number of hydrogen-bond donors (Lipinski definition) is 1. The summed E-state index contributed by atoms with van der Waals surface area (Å²) in [5, 5.41) is 3.29. The molecule has 0 aromatic heterocycles. The summed E-state index contributed by atoms with van der Waals surface area (Å²) in [7, 11) is 4.50. The van der Waals surface area contributed by atoms with Crippen molar-refractivity contribution < 1.29 is 35.3 Å². The van der Waals surface area contributed by atoms with Gasteiger partial charge >= 0.3 is 6.09 Å². The van der Waals surface area contributed by atoms with Crippen molar-refractivity contribution in [3.05, 3.63) is 81.5 Å². The topological polar surface area (TPSA) is 59.5 Å². The zero-order valence-electron chi connectivity index (χ0n) is 24.2. The molecule has 0 unspecified atom stereocenters. The van der Waals surface area contributed by atoms with Crippen LogP contribution in [-0.4, -0.2) is 59.2 Å². The van der Waals surface area contributed by atoms with E-state index in [4.69, 9.17) is 22.6 Å². The van der Waals surface area contributed by atoms with Crippen LogP contribution in [0.2, 0.25) is 6.82 Å². The molecule has 40 heavy (non-hydrogen) atoms. The number of carbonyl (C=O) groups excluding carboxylic acids is 1. The van der Waals surface area contributed by atoms with Crippen LogP contribution in [0.5, 0.6) is 0 Å². The molecule has 1 amide bonds. The minimum atomic E-state index is -0.476. The van der Waals surface area contributed by atoms with Crippen LogP contribution in [0.25, 0.3) is 9.69 Å². The monoisotopic (exact) mass is 709 g/mol. The van der Waals surface area contributed by atoms with E-state index in [1.807, 2.05) is 51.1 Å². The summed E-state index contributed by atoms with van der Waals surface area (Å²) in [6.07, 6.45) is 4.17. The second kappa shape index (κ2) is 19.5. The Labute approximate surface area is 258 Å². The first-order chi connectivity index (χ1) is 18.3. The van der Waals surface area contributed by atoms with Crippen molar-refractivity contribution in [1.82, 2.24) is 10.2 Å². The van der Waals surface area contributed by atoms with Crippen LogP contribution in [0.3, 0.4) is 0 Å². The van der Waals surface area contributed by atoms with Gasteiger partial charge in [-0.05, 0) is 75.3 Å². The van der Waals surface area contributed by atoms with E-state index in [2.05, 4.69) is 28.9 Å². The summed E-state index contributed by atoms with van der Waals surface area (Å²) in [6.45, 7) is 26.1. The number of nitrogens with one attached hydrogen (secondary N) is 1. The maximum absolute atomic E-state index is 12.0. The molecule has 3 aliphatic heterocycles. The number of hydrogen-bond acceptors (Lipinski definition) is 4. The molecule has 1 fully saturated rings. The number of fused-ring (bicyclic) bond motifs is 2. The fourth-order valence-electron chi connectivity index (χ4n) is 4.14. The van der Waals surface area contributed by atoms with Gasteiger partial charge in [-0.2, -0.15) is 0 Å². The third-order valence-corrected chi connectivity index (χ3v) is 6.02. The first kappa shape index (κ1) is 37.4. The molecule has 10 heteroatoms. The van der Waals surface area contributed by atoms with Gasteiger partial charge < -0.3 is 19.7 Å². The molecule has 1 saturated heterocycles. The number of nitrogens with zero attached hydrogens (tertiary/aromatic N) is 3. The van der Waals surface area contributed by atoms with E-state index >= 15 is 0 Å². The number of amides is 1. The van der Waals surface area contributed by atoms with Crippen molar-refractivity contribution in [3.8, 4) is 0 Å². The van der Waals surface area contributed by atoms with E-state index in [0.29, 0.717) is 18.8 Å². The molecule has 0 atom stereocenters. The van der Waals surface area contributed by atoms with Crippen LogP contribution in [-0.2, 0) is 56.5 Å². The summed E-state index contributed by atoms with van der Waals surface area (Å²) in [6, 6.07) is 11.6. The number of carbonyl (C=O) groups is 1. The molecule has 0 bridgehead atoms. The van der Waals surface area contributed by atoms with Crippen LogP contribution in [0, 0.1) is 13.1 Å². The molecule has 0 saturated carbocycles. The maximum atomic E-state index is 12.0. The second-order valence-electron chi connectivity index (χ2n) is 10.0. The van der Waals surface area contributed by atoms with E-state index in [1.165, 1.54) is 36.4 Å². The van der Waals surface area contributed by atoms with Crippen LogP contribution in [0.4, 0.5) is 16.2 Å². The molecule has 0 spiro atoms. The molecule has 3 aliphatic rings. The fourth-order valence-corrected chi connectivity index (χ4v) is 4.14. The smallest absolute Gasteiger partial charge is 0.410 e. The molecule has 5 radical (unpaired) electrons. The average Bonchev–Trinajstić information content (AvgIpc) is 3.53. The Bertz CT molecular complexity index is 1130. The Morgan fingerprint density at radius 1 is 0.950 bits per heavy atom. The average molecular weight is 709 g/mol. The van der Waals surface area contributed by atoms with Crippen molar-refractivity contribution in [2.45, 2.75) is 72.0 Å². The zero-order chi connectivity index (χ0) is 28.0. The normalized spacial score (nSPS) is 14.5. The van der Waals surface area contributed by atoms with E-state index in [1.54, 1.807) is 4.90 Å². The predicted octanol–water partition coefficient (Wildman–Crippen LogP) is 6.03. The molecule has 209 valence electrons. The Hall–Kier alpha value is -2.57. The van der Waals surface area contributed by atoms with Crippen molar-refractivity contribution in [2.75, 3.05) is 26.3 Å². The number of rotatable bonds is 0. The summed E-state index contributed by atoms with van der Waals surface area (Å²) in [5.74, 6) is 0. The van der Waals surface area contributed by atoms with E-state index in [0.717, 1.165) is 50.4 Å². The third kappa shape index (κ3) is 12.7. The molecule has 5 rings (SSSR count). The summed E-state index contributed by atoms with van der Waals surface area (Å²) in [5.41, 5.74) is 5.83. The zero-order valence-corrected chi connectivity index (χ0v) is 27.1. The molecule has 2 aromatic carbocycles. The fraction of sp³-hybridized carbons (Fsp3) is 0.500. The van der Waals surface area contributed by atoms with Gasteiger partial charge in [0.2, 0.25) is 0 Å². The standard InChI is InChI=1S/C15H18N2O2.C10H10N2.C4H8O.CH3B.B.W/c1-15(2,3)19-14(18)17-8-7-11-5-6-13(16-4)9-12(11)10-17;1-11-10-3-2-8-4-5-12-7-9(8)6-10;1-2-4-5-3-1;1-2;;/h5-6,9H,7-8,10H2,1-3H3;2-3,6,12H,4-5,7H2;1-4H2;1H3;;. The second-order valence-corrected chi connectivity index (χ2v) is 10.0. The van der Waals surface area contributed by atoms with Crippen molar-refractivity contribution in [3.63, 3.8) is 0 Å². The Morgan fingerprint density at radius 3 is 2.00 bits per heavy atom. The SMILES string of the molecule is C1CCOC1.[B].[B]C.[C-]#[N+]c1ccc2c(c1)CN(C(=O)OC(C)(C)C)CC2.[C-]#[N+]c1ccc2c(c1)CNCC2.[W]. The minimum absolute atomic E-state index is 0. The van der Waals surface area contributed by atoms with Gasteiger partial charge in [-0.1, -0.05) is 43.2 Å². The van der Waals surface area contributed by atoms with Crippen molar-refractivity contribution in [2.24, 2.45) is 0 Å². The van der Waals surface area contributed by atoms with Crippen LogP contribution >= 0.6 is 0 Å². The Morgan fingerprint density at radius 2 is 1.50 bits per heavy atom. The van der Waals surface area contributed by atoms with Crippen molar-refractivity contribution in [1.29, 1.82) is 0 Å². The first-order valence-corrected chi connectivity index (χ1v) is 13.1. The van der Waals surface area contributed by atoms with Gasteiger partial charge in [-0.15, -0.1) is 0 Å². The van der Waals surface area contributed by atoms with E-state index < -0.39 is 5.60 Å². The Balaban J connectivity index is 0.000000618. The van der Waals surface area contributed by atoms with Crippen molar-refractivity contribution >= 4 is 33.7 Å². The van der Waals surface area contributed by atoms with Gasteiger partial charge in [0, 0.05) is 62.3 Å². The summed E-state index contributed by atoms with van der Waals surface area (Å²) in [4.78, 5) is 20.5. The van der Waals surface area contributed by atoms with Gasteiger partial charge in [0.25, 0.3) is 0 Å². The largest absolute Gasteiger partial charge is 0.444 e. The molecule has 1 N–H and O–H groups in total. The molecule has 2 aromatic rings. The van der Waals surface area contributed by atoms with Crippen LogP contribution < -0.4 is 5.32 Å². The van der Waals surface area contributed by atoms with Gasteiger partial charge in [-0.3, -0.25) is 0 Å². The third-order valence-electron chi connectivity index (χ3n) is 6.02. The summed E-state index contributed by atoms with van der Waals surface area (Å²) >= 11 is 0. The molecular weight excluding hydrogens is 670 g/mol. The van der Waals surface area contributed by atoms with Gasteiger partial charge in [0.05, 0.1) is 21.0 Å². The molecule has 3 heterocycles. The number of benzene rings is 2. The molecular formula is C30H39B2N4O3W. The number of ether oxygens (including phenoxy) is 2. The van der Waals surface area contributed by atoms with Gasteiger partial charge in [0.15, 0.2) is 11.4 Å². The maximum Gasteiger partial charge on any atom is 0.410 e. The van der Waals surface area contributed by atoms with Gasteiger partial charge in [-0.25, -0.2) is 14.5 Å². The van der Waals surface area contributed by atoms with E-state index in [-0.39, 0.29) is 35.6 Å². The molecule has 0 aliphatic carbocycles. The van der Waals surface area contributed by atoms with Crippen LogP contribution in [0.15, 0.2) is 36.4 Å². The van der Waals surface area contributed by atoms with Crippen LogP contribution in [0.1, 0.15) is 55.9 Å². The quantitative estimate of drug-likeness (QED) is 0.269. The molecule has 7 nitrogen and oxygen atoms in total. The first-order valence-electron chi connectivity index (χ1n) is 13.1. The Kier molecular flexibility index (Phi) is 18.2. The van der Waals surface area contributed by atoms with Gasteiger partial charge in [0.1, 0.15) is 5.60 Å². The predicted molar refractivity (Wildman–Crippen MR) is 159 cm³/mol. The van der Waals surface area contributed by atoms with E-state index in [9.17, 15) is 4.79 Å². The minimum Gasteiger partial charge on any atom is -0.444 e.